The van der Waals surface area contributed by atoms with Crippen LogP contribution in [0.4, 0.5) is 5.69 Å². The maximum Gasteiger partial charge on any atom is 0.339 e. The normalized spacial score (nSPS) is 11.0. The summed E-state index contributed by atoms with van der Waals surface area (Å²) in [5.41, 5.74) is 6.16. The Hall–Kier alpha value is -5.08. The monoisotopic (exact) mass is 559 g/mol. The van der Waals surface area contributed by atoms with E-state index in [0.717, 1.165) is 32.1 Å². The molecule has 41 heavy (non-hydrogen) atoms. The van der Waals surface area contributed by atoms with Gasteiger partial charge in [-0.1, -0.05) is 24.3 Å². The van der Waals surface area contributed by atoms with Crippen molar-refractivity contribution in [3.8, 4) is 27.6 Å². The number of nitrogens with one attached hydrogen (secondary N) is 1. The fourth-order valence-corrected chi connectivity index (χ4v) is 5.58. The van der Waals surface area contributed by atoms with Gasteiger partial charge in [0, 0.05) is 22.2 Å². The Kier molecular flexibility index (Phi) is 7.14. The van der Waals surface area contributed by atoms with E-state index in [1.807, 2.05) is 84.9 Å². The lowest BCUT2D eigenvalue weighted by Crippen LogP contribution is -2.21. The number of carbonyl (C=O) groups is 2. The molecule has 0 fully saturated rings. The van der Waals surface area contributed by atoms with E-state index in [2.05, 4.69) is 18.3 Å². The van der Waals surface area contributed by atoms with E-state index >= 15 is 0 Å². The quantitative estimate of drug-likeness (QED) is 0.207. The highest BCUT2D eigenvalue weighted by Crippen LogP contribution is 2.31. The third-order valence-electron chi connectivity index (χ3n) is 6.62. The number of nitrogens with zero attached hydrogens (tertiary/aromatic N) is 2. The first kappa shape index (κ1) is 26.2. The lowest BCUT2D eigenvalue weighted by Gasteiger charge is -2.11. The van der Waals surface area contributed by atoms with Gasteiger partial charge in [0.2, 0.25) is 0 Å². The SMILES string of the molecule is COc1ccc(-c2cc(C(=O)OCC(=O)Nc3ccc(-c4nc5ccc(C)cc5s4)cc3)c3ccccc3n2)cc1. The third kappa shape index (κ3) is 5.64. The van der Waals surface area contributed by atoms with Crippen molar-refractivity contribution in [3.63, 3.8) is 0 Å². The molecule has 0 aliphatic rings. The molecule has 0 aliphatic heterocycles. The second kappa shape index (κ2) is 11.2. The van der Waals surface area contributed by atoms with Crippen molar-refractivity contribution < 1.29 is 19.1 Å². The summed E-state index contributed by atoms with van der Waals surface area (Å²) in [5.74, 6) is -0.313. The van der Waals surface area contributed by atoms with Crippen LogP contribution in [0.3, 0.4) is 0 Å². The van der Waals surface area contributed by atoms with E-state index in [1.165, 1.54) is 5.56 Å². The van der Waals surface area contributed by atoms with Crippen molar-refractivity contribution >= 4 is 50.0 Å². The lowest BCUT2D eigenvalue weighted by atomic mass is 10.0. The van der Waals surface area contributed by atoms with Crippen LogP contribution in [0.15, 0.2) is 97.1 Å². The van der Waals surface area contributed by atoms with Gasteiger partial charge in [-0.3, -0.25) is 4.79 Å². The standard InChI is InChI=1S/C33H25N3O4S/c1-20-7-16-28-30(17-20)41-32(36-28)22-8-12-23(13-9-22)34-31(37)19-40-33(38)26-18-29(21-10-14-24(39-2)15-11-21)35-27-6-4-3-5-25(26)27/h3-18H,19H2,1-2H3,(H,34,37). The highest BCUT2D eigenvalue weighted by molar-refractivity contribution is 7.21. The molecule has 0 radical (unpaired) electrons. The Bertz CT molecular complexity index is 1900. The first-order valence-electron chi connectivity index (χ1n) is 13.0. The fourth-order valence-electron chi connectivity index (χ4n) is 4.51. The number of amides is 1. The molecule has 4 aromatic carbocycles. The van der Waals surface area contributed by atoms with Crippen molar-refractivity contribution in [2.75, 3.05) is 19.0 Å². The minimum Gasteiger partial charge on any atom is -0.497 e. The summed E-state index contributed by atoms with van der Waals surface area (Å²) in [7, 11) is 1.60. The van der Waals surface area contributed by atoms with Gasteiger partial charge in [0.25, 0.3) is 5.91 Å². The van der Waals surface area contributed by atoms with E-state index in [-0.39, 0.29) is 0 Å². The number of carbonyl (C=O) groups excluding carboxylic acids is 2. The number of hydrogen-bond donors (Lipinski definition) is 1. The van der Waals surface area contributed by atoms with E-state index < -0.39 is 18.5 Å². The van der Waals surface area contributed by atoms with Crippen LogP contribution in [0.25, 0.3) is 42.9 Å². The number of aromatic nitrogens is 2. The Labute approximate surface area is 240 Å². The molecule has 1 amide bonds. The second-order valence-electron chi connectivity index (χ2n) is 9.49. The average molecular weight is 560 g/mol. The van der Waals surface area contributed by atoms with E-state index in [4.69, 9.17) is 19.4 Å². The van der Waals surface area contributed by atoms with Crippen molar-refractivity contribution in [1.29, 1.82) is 0 Å². The molecule has 6 aromatic rings. The molecule has 202 valence electrons. The van der Waals surface area contributed by atoms with Crippen LogP contribution in [0.1, 0.15) is 15.9 Å². The van der Waals surface area contributed by atoms with Gasteiger partial charge in [0.1, 0.15) is 10.8 Å². The molecule has 0 atom stereocenters. The number of pyridine rings is 1. The van der Waals surface area contributed by atoms with Crippen molar-refractivity contribution in [1.82, 2.24) is 9.97 Å². The van der Waals surface area contributed by atoms with Crippen LogP contribution in [-0.2, 0) is 9.53 Å². The number of anilines is 1. The third-order valence-corrected chi connectivity index (χ3v) is 7.68. The number of benzene rings is 4. The summed E-state index contributed by atoms with van der Waals surface area (Å²) in [5, 5.41) is 4.35. The van der Waals surface area contributed by atoms with Gasteiger partial charge in [0.15, 0.2) is 6.61 Å². The van der Waals surface area contributed by atoms with E-state index in [0.29, 0.717) is 27.8 Å². The topological polar surface area (TPSA) is 90.4 Å². The highest BCUT2D eigenvalue weighted by atomic mass is 32.1. The minimum atomic E-state index is -0.602. The molecule has 6 rings (SSSR count). The number of ether oxygens (including phenoxy) is 2. The number of hydrogen-bond acceptors (Lipinski definition) is 7. The zero-order chi connectivity index (χ0) is 28.3. The zero-order valence-corrected chi connectivity index (χ0v) is 23.2. The van der Waals surface area contributed by atoms with Crippen LogP contribution < -0.4 is 10.1 Å². The van der Waals surface area contributed by atoms with Gasteiger partial charge in [-0.2, -0.15) is 0 Å². The van der Waals surface area contributed by atoms with Crippen molar-refractivity contribution in [2.24, 2.45) is 0 Å². The smallest absolute Gasteiger partial charge is 0.339 e. The van der Waals surface area contributed by atoms with Crippen LogP contribution >= 0.6 is 11.3 Å². The number of methoxy groups -OCH3 is 1. The van der Waals surface area contributed by atoms with Gasteiger partial charge in [-0.05, 0) is 85.3 Å². The minimum absolute atomic E-state index is 0.338. The summed E-state index contributed by atoms with van der Waals surface area (Å²) >= 11 is 1.63. The number of rotatable bonds is 7. The van der Waals surface area contributed by atoms with E-state index in [9.17, 15) is 9.59 Å². The van der Waals surface area contributed by atoms with Crippen LogP contribution in [0, 0.1) is 6.92 Å². The molecule has 0 bridgehead atoms. The summed E-state index contributed by atoms with van der Waals surface area (Å²) in [6.07, 6.45) is 0. The average Bonchev–Trinajstić information content (AvgIpc) is 3.43. The van der Waals surface area contributed by atoms with Crippen LogP contribution in [0.5, 0.6) is 5.75 Å². The molecule has 0 saturated heterocycles. The number of fused-ring (bicyclic) bond motifs is 2. The first-order chi connectivity index (χ1) is 20.0. The molecule has 7 nitrogen and oxygen atoms in total. The molecule has 8 heteroatoms. The van der Waals surface area contributed by atoms with Crippen molar-refractivity contribution in [2.45, 2.75) is 6.92 Å². The maximum absolute atomic E-state index is 13.1. The van der Waals surface area contributed by atoms with Gasteiger partial charge >= 0.3 is 5.97 Å². The van der Waals surface area contributed by atoms with Gasteiger partial charge in [-0.25, -0.2) is 14.8 Å². The summed E-state index contributed by atoms with van der Waals surface area (Å²) in [6, 6.07) is 30.1. The molecular formula is C33H25N3O4S. The van der Waals surface area contributed by atoms with Gasteiger partial charge < -0.3 is 14.8 Å². The van der Waals surface area contributed by atoms with Crippen LogP contribution in [-0.4, -0.2) is 35.6 Å². The van der Waals surface area contributed by atoms with Crippen LogP contribution in [0.2, 0.25) is 0 Å². The number of esters is 1. The molecule has 1 N–H and O–H groups in total. The molecular weight excluding hydrogens is 534 g/mol. The summed E-state index contributed by atoms with van der Waals surface area (Å²) in [6.45, 7) is 1.64. The Morgan fingerprint density at radius 1 is 0.829 bits per heavy atom. The Balaban J connectivity index is 1.14. The van der Waals surface area contributed by atoms with Gasteiger partial charge in [0.05, 0.1) is 34.1 Å². The lowest BCUT2D eigenvalue weighted by molar-refractivity contribution is -0.119. The summed E-state index contributed by atoms with van der Waals surface area (Å²) < 4.78 is 11.8. The second-order valence-corrected chi connectivity index (χ2v) is 10.5. The number of aryl methyl sites for hydroxylation is 1. The molecule has 0 unspecified atom stereocenters. The van der Waals surface area contributed by atoms with Crippen molar-refractivity contribution in [3.05, 3.63) is 108 Å². The molecule has 2 aromatic heterocycles. The summed E-state index contributed by atoms with van der Waals surface area (Å²) in [4.78, 5) is 35.2. The highest BCUT2D eigenvalue weighted by Gasteiger charge is 2.17. The predicted octanol–water partition coefficient (Wildman–Crippen LogP) is 7.29. The Morgan fingerprint density at radius 2 is 1.59 bits per heavy atom. The largest absolute Gasteiger partial charge is 0.497 e. The number of thiazole rings is 1. The predicted molar refractivity (Wildman–Crippen MR) is 162 cm³/mol. The molecule has 0 aliphatic carbocycles. The molecule has 2 heterocycles. The fraction of sp³-hybridized carbons (Fsp3) is 0.0909. The zero-order valence-electron chi connectivity index (χ0n) is 22.4. The Morgan fingerprint density at radius 3 is 2.37 bits per heavy atom. The van der Waals surface area contributed by atoms with Gasteiger partial charge in [-0.15, -0.1) is 11.3 Å². The maximum atomic E-state index is 13.1. The number of para-hydroxylation sites is 1. The van der Waals surface area contributed by atoms with E-state index in [1.54, 1.807) is 24.5 Å². The molecule has 0 saturated carbocycles. The first-order valence-corrected chi connectivity index (χ1v) is 13.8. The molecule has 0 spiro atoms.